The van der Waals surface area contributed by atoms with Crippen molar-refractivity contribution in [3.05, 3.63) is 0 Å². The van der Waals surface area contributed by atoms with E-state index in [1.165, 1.54) is 64.2 Å². The van der Waals surface area contributed by atoms with Gasteiger partial charge in [-0.25, -0.2) is 0 Å². The van der Waals surface area contributed by atoms with E-state index in [-0.39, 0.29) is 0 Å². The summed E-state index contributed by atoms with van der Waals surface area (Å²) in [5.74, 6) is 1.79. The first-order chi connectivity index (χ1) is 8.27. The van der Waals surface area contributed by atoms with Gasteiger partial charge in [0.1, 0.15) is 0 Å². The smallest absolute Gasteiger partial charge is 0.0121 e. The molecule has 0 saturated heterocycles. The standard InChI is InChI=1S/C16H31N/c1-13-9-8-10-14(2)16(13)17-15-11-6-4-3-5-7-12-15/h13-17H,3-12H2,1-2H3. The van der Waals surface area contributed by atoms with E-state index in [1.807, 2.05) is 0 Å². The van der Waals surface area contributed by atoms with Crippen LogP contribution in [0.15, 0.2) is 0 Å². The lowest BCUT2D eigenvalue weighted by molar-refractivity contribution is 0.183. The van der Waals surface area contributed by atoms with Crippen molar-refractivity contribution >= 4 is 0 Å². The molecule has 0 aromatic heterocycles. The third kappa shape index (κ3) is 3.98. The fourth-order valence-corrected chi connectivity index (χ4v) is 3.91. The summed E-state index contributed by atoms with van der Waals surface area (Å²) in [4.78, 5) is 0. The van der Waals surface area contributed by atoms with E-state index in [0.29, 0.717) is 0 Å². The molecular weight excluding hydrogens is 206 g/mol. The second kappa shape index (κ2) is 6.78. The largest absolute Gasteiger partial charge is 0.311 e. The highest BCUT2D eigenvalue weighted by molar-refractivity contribution is 4.86. The fraction of sp³-hybridized carbons (Fsp3) is 1.00. The number of rotatable bonds is 2. The minimum atomic E-state index is 0.799. The van der Waals surface area contributed by atoms with Gasteiger partial charge in [0.25, 0.3) is 0 Å². The normalized spacial score (nSPS) is 37.4. The molecule has 0 amide bonds. The lowest BCUT2D eigenvalue weighted by atomic mass is 9.78. The first-order valence-electron chi connectivity index (χ1n) is 8.03. The van der Waals surface area contributed by atoms with E-state index < -0.39 is 0 Å². The molecule has 2 saturated carbocycles. The Morgan fingerprint density at radius 1 is 0.647 bits per heavy atom. The maximum absolute atomic E-state index is 4.03. The third-order valence-electron chi connectivity index (χ3n) is 5.08. The quantitative estimate of drug-likeness (QED) is 0.745. The van der Waals surface area contributed by atoms with E-state index in [2.05, 4.69) is 19.2 Å². The van der Waals surface area contributed by atoms with Crippen molar-refractivity contribution < 1.29 is 0 Å². The Labute approximate surface area is 108 Å². The number of nitrogens with one attached hydrogen (secondary N) is 1. The summed E-state index contributed by atoms with van der Waals surface area (Å²) >= 11 is 0. The van der Waals surface area contributed by atoms with Gasteiger partial charge in [-0.15, -0.1) is 0 Å². The van der Waals surface area contributed by atoms with Gasteiger partial charge in [-0.2, -0.15) is 0 Å². The van der Waals surface area contributed by atoms with Crippen LogP contribution in [-0.4, -0.2) is 12.1 Å². The van der Waals surface area contributed by atoms with Crippen LogP contribution in [0.3, 0.4) is 0 Å². The van der Waals surface area contributed by atoms with Gasteiger partial charge in [0, 0.05) is 12.1 Å². The lowest BCUT2D eigenvalue weighted by Crippen LogP contribution is -2.47. The molecule has 17 heavy (non-hydrogen) atoms. The summed E-state index contributed by atoms with van der Waals surface area (Å²) in [6.45, 7) is 4.91. The van der Waals surface area contributed by atoms with Gasteiger partial charge < -0.3 is 5.32 Å². The van der Waals surface area contributed by atoms with Gasteiger partial charge in [0.05, 0.1) is 0 Å². The van der Waals surface area contributed by atoms with Crippen molar-refractivity contribution in [3.8, 4) is 0 Å². The molecule has 0 aromatic rings. The predicted octanol–water partition coefficient (Wildman–Crippen LogP) is 4.51. The molecule has 2 fully saturated rings. The van der Waals surface area contributed by atoms with Crippen LogP contribution >= 0.6 is 0 Å². The van der Waals surface area contributed by atoms with Gasteiger partial charge in [-0.3, -0.25) is 0 Å². The molecule has 0 heterocycles. The third-order valence-corrected chi connectivity index (χ3v) is 5.08. The Hall–Kier alpha value is -0.0400. The Kier molecular flexibility index (Phi) is 5.34. The van der Waals surface area contributed by atoms with Crippen molar-refractivity contribution in [1.82, 2.24) is 5.32 Å². The first kappa shape index (κ1) is 13.4. The van der Waals surface area contributed by atoms with E-state index in [9.17, 15) is 0 Å². The molecule has 1 N–H and O–H groups in total. The number of hydrogen-bond acceptors (Lipinski definition) is 1. The van der Waals surface area contributed by atoms with Gasteiger partial charge in [0.15, 0.2) is 0 Å². The van der Waals surface area contributed by atoms with Crippen molar-refractivity contribution in [3.63, 3.8) is 0 Å². The second-order valence-corrected chi connectivity index (χ2v) is 6.62. The van der Waals surface area contributed by atoms with Gasteiger partial charge in [-0.05, 0) is 37.5 Å². The molecule has 0 bridgehead atoms. The molecule has 2 atom stereocenters. The Morgan fingerprint density at radius 2 is 1.18 bits per heavy atom. The molecule has 1 heteroatoms. The van der Waals surface area contributed by atoms with Crippen LogP contribution in [0.25, 0.3) is 0 Å². The highest BCUT2D eigenvalue weighted by Crippen LogP contribution is 2.30. The summed E-state index contributed by atoms with van der Waals surface area (Å²) in [6.07, 6.45) is 14.5. The monoisotopic (exact) mass is 237 g/mol. The molecular formula is C16H31N. The number of hydrogen-bond donors (Lipinski definition) is 1. The SMILES string of the molecule is CC1CCCC(C)C1NC1CCCCCCC1. The minimum absolute atomic E-state index is 0.799. The molecule has 1 nitrogen and oxygen atoms in total. The summed E-state index contributed by atoms with van der Waals surface area (Å²) in [7, 11) is 0. The van der Waals surface area contributed by atoms with Crippen LogP contribution in [0.4, 0.5) is 0 Å². The zero-order valence-corrected chi connectivity index (χ0v) is 11.9. The zero-order valence-electron chi connectivity index (χ0n) is 11.9. The molecule has 0 radical (unpaired) electrons. The minimum Gasteiger partial charge on any atom is -0.311 e. The Balaban J connectivity index is 1.84. The molecule has 2 aliphatic carbocycles. The summed E-state index contributed by atoms with van der Waals surface area (Å²) < 4.78 is 0. The van der Waals surface area contributed by atoms with Crippen LogP contribution in [0.5, 0.6) is 0 Å². The highest BCUT2D eigenvalue weighted by atomic mass is 15.0. The summed E-state index contributed by atoms with van der Waals surface area (Å²) in [5, 5.41) is 4.03. The Bertz CT molecular complexity index is 196. The lowest BCUT2D eigenvalue weighted by Gasteiger charge is -2.38. The van der Waals surface area contributed by atoms with Crippen LogP contribution < -0.4 is 5.32 Å². The molecule has 0 aliphatic heterocycles. The first-order valence-corrected chi connectivity index (χ1v) is 8.03. The van der Waals surface area contributed by atoms with Crippen molar-refractivity contribution in [2.75, 3.05) is 0 Å². The molecule has 2 unspecified atom stereocenters. The van der Waals surface area contributed by atoms with Gasteiger partial charge in [0.2, 0.25) is 0 Å². The van der Waals surface area contributed by atoms with Crippen LogP contribution in [0, 0.1) is 11.8 Å². The molecule has 100 valence electrons. The molecule has 2 rings (SSSR count). The maximum Gasteiger partial charge on any atom is 0.0121 e. The van der Waals surface area contributed by atoms with Crippen LogP contribution in [0.1, 0.15) is 78.1 Å². The van der Waals surface area contributed by atoms with Crippen molar-refractivity contribution in [1.29, 1.82) is 0 Å². The zero-order chi connectivity index (χ0) is 12.1. The maximum atomic E-state index is 4.03. The van der Waals surface area contributed by atoms with Crippen LogP contribution in [-0.2, 0) is 0 Å². The summed E-state index contributed by atoms with van der Waals surface area (Å²) in [6, 6.07) is 1.62. The Morgan fingerprint density at radius 3 is 1.76 bits per heavy atom. The highest BCUT2D eigenvalue weighted by Gasteiger charge is 2.29. The van der Waals surface area contributed by atoms with E-state index in [0.717, 1.165) is 23.9 Å². The van der Waals surface area contributed by atoms with Crippen molar-refractivity contribution in [2.45, 2.75) is 90.1 Å². The van der Waals surface area contributed by atoms with E-state index >= 15 is 0 Å². The average molecular weight is 237 g/mol. The molecule has 0 aromatic carbocycles. The van der Waals surface area contributed by atoms with Crippen molar-refractivity contribution in [2.24, 2.45) is 11.8 Å². The predicted molar refractivity (Wildman–Crippen MR) is 75.2 cm³/mol. The topological polar surface area (TPSA) is 12.0 Å². The second-order valence-electron chi connectivity index (χ2n) is 6.62. The fourth-order valence-electron chi connectivity index (χ4n) is 3.91. The van der Waals surface area contributed by atoms with Gasteiger partial charge >= 0.3 is 0 Å². The molecule has 0 spiro atoms. The summed E-state index contributed by atoms with van der Waals surface area (Å²) in [5.41, 5.74) is 0. The van der Waals surface area contributed by atoms with E-state index in [1.54, 1.807) is 0 Å². The molecule has 2 aliphatic rings. The van der Waals surface area contributed by atoms with E-state index in [4.69, 9.17) is 0 Å². The van der Waals surface area contributed by atoms with Crippen LogP contribution in [0.2, 0.25) is 0 Å². The average Bonchev–Trinajstić information content (AvgIpc) is 2.26. The van der Waals surface area contributed by atoms with Gasteiger partial charge in [-0.1, -0.05) is 52.4 Å².